The quantitative estimate of drug-likeness (QED) is 0.467. The Bertz CT molecular complexity index is 297. The Morgan fingerprint density at radius 3 is 1.83 bits per heavy atom. The molecule has 2 N–H and O–H groups in total. The van der Waals surface area contributed by atoms with Crippen molar-refractivity contribution in [1.82, 2.24) is 5.32 Å². The number of esters is 2. The third-order valence-electron chi connectivity index (χ3n) is 2.12. The maximum atomic E-state index is 11.9. The summed E-state index contributed by atoms with van der Waals surface area (Å²) in [5, 5.41) is 11.2. The lowest BCUT2D eigenvalue weighted by Gasteiger charge is -2.28. The number of amides is 1. The third kappa shape index (κ3) is 3.99. The Balaban J connectivity index is 5.32. The molecule has 0 aliphatic carbocycles. The van der Waals surface area contributed by atoms with Crippen LogP contribution in [-0.2, 0) is 23.9 Å². The summed E-state index contributed by atoms with van der Waals surface area (Å²) in [6.45, 7) is 3.92. The zero-order chi connectivity index (χ0) is 14.2. The number of carbonyl (C=O) groups excluding carboxylic acids is 3. The van der Waals surface area contributed by atoms with Crippen molar-refractivity contribution in [2.24, 2.45) is 0 Å². The topological polar surface area (TPSA) is 102 Å². The lowest BCUT2D eigenvalue weighted by molar-refractivity contribution is -0.169. The van der Waals surface area contributed by atoms with E-state index in [0.29, 0.717) is 0 Å². The van der Waals surface area contributed by atoms with Crippen molar-refractivity contribution in [2.75, 3.05) is 19.8 Å². The molecule has 0 aliphatic rings. The van der Waals surface area contributed by atoms with Gasteiger partial charge in [0.25, 0.3) is 0 Å². The third-order valence-corrected chi connectivity index (χ3v) is 2.12. The highest BCUT2D eigenvalue weighted by molar-refractivity contribution is 6.07. The molecule has 1 amide bonds. The van der Waals surface area contributed by atoms with E-state index in [1.165, 1.54) is 0 Å². The molecule has 0 aromatic rings. The van der Waals surface area contributed by atoms with Gasteiger partial charge in [-0.3, -0.25) is 4.79 Å². The molecule has 0 unspecified atom stereocenters. The summed E-state index contributed by atoms with van der Waals surface area (Å²) in [5.41, 5.74) is -1.98. The van der Waals surface area contributed by atoms with E-state index in [4.69, 9.17) is 14.6 Å². The van der Waals surface area contributed by atoms with Crippen LogP contribution in [0.15, 0.2) is 0 Å². The number of nitrogens with one attached hydrogen (secondary N) is 1. The number of rotatable bonds is 7. The van der Waals surface area contributed by atoms with E-state index in [9.17, 15) is 14.4 Å². The molecule has 0 aromatic carbocycles. The van der Waals surface area contributed by atoms with Gasteiger partial charge in [-0.15, -0.1) is 0 Å². The van der Waals surface area contributed by atoms with Gasteiger partial charge in [0, 0.05) is 20.0 Å². The first-order chi connectivity index (χ1) is 8.44. The van der Waals surface area contributed by atoms with Crippen molar-refractivity contribution in [2.45, 2.75) is 32.7 Å². The number of aliphatic hydroxyl groups excluding tert-OH is 1. The Kier molecular flexibility index (Phi) is 6.96. The zero-order valence-corrected chi connectivity index (χ0v) is 10.8. The second kappa shape index (κ2) is 7.65. The van der Waals surface area contributed by atoms with Gasteiger partial charge in [-0.2, -0.15) is 0 Å². The maximum absolute atomic E-state index is 11.9. The summed E-state index contributed by atoms with van der Waals surface area (Å²) >= 11 is 0. The molecule has 104 valence electrons. The van der Waals surface area contributed by atoms with Crippen LogP contribution in [0.4, 0.5) is 0 Å². The molecule has 7 nitrogen and oxygen atoms in total. The average molecular weight is 261 g/mol. The van der Waals surface area contributed by atoms with E-state index in [2.05, 4.69) is 5.32 Å². The minimum atomic E-state index is -1.98. The summed E-state index contributed by atoms with van der Waals surface area (Å²) in [6, 6.07) is 0. The van der Waals surface area contributed by atoms with Crippen molar-refractivity contribution in [1.29, 1.82) is 0 Å². The summed E-state index contributed by atoms with van der Waals surface area (Å²) in [7, 11) is 0. The highest BCUT2D eigenvalue weighted by Gasteiger charge is 2.49. The summed E-state index contributed by atoms with van der Waals surface area (Å²) in [6.07, 6.45) is -0.301. The number of ether oxygens (including phenoxy) is 2. The van der Waals surface area contributed by atoms with Crippen LogP contribution >= 0.6 is 0 Å². The number of carbonyl (C=O) groups is 3. The predicted octanol–water partition coefficient (Wildman–Crippen LogP) is -0.630. The minimum Gasteiger partial charge on any atom is -0.464 e. The van der Waals surface area contributed by atoms with Crippen molar-refractivity contribution in [3.63, 3.8) is 0 Å². The number of aliphatic hydroxyl groups is 1. The first-order valence-corrected chi connectivity index (χ1v) is 5.68. The Morgan fingerprint density at radius 2 is 1.56 bits per heavy atom. The zero-order valence-electron chi connectivity index (χ0n) is 10.8. The van der Waals surface area contributed by atoms with Crippen LogP contribution in [0.2, 0.25) is 0 Å². The van der Waals surface area contributed by atoms with Crippen LogP contribution in [0.25, 0.3) is 0 Å². The van der Waals surface area contributed by atoms with Gasteiger partial charge in [-0.25, -0.2) is 9.59 Å². The maximum Gasteiger partial charge on any atom is 0.343 e. The predicted molar refractivity (Wildman–Crippen MR) is 61.5 cm³/mol. The Labute approximate surface area is 105 Å². The Morgan fingerprint density at radius 1 is 1.11 bits per heavy atom. The summed E-state index contributed by atoms with van der Waals surface area (Å²) in [5.74, 6) is -2.47. The first-order valence-electron chi connectivity index (χ1n) is 5.68. The summed E-state index contributed by atoms with van der Waals surface area (Å²) < 4.78 is 9.53. The van der Waals surface area contributed by atoms with Crippen molar-refractivity contribution in [3.05, 3.63) is 0 Å². The van der Waals surface area contributed by atoms with Crippen LogP contribution in [0.5, 0.6) is 0 Å². The van der Waals surface area contributed by atoms with Gasteiger partial charge in [-0.05, 0) is 13.8 Å². The fraction of sp³-hybridized carbons (Fsp3) is 0.727. The molecule has 7 heteroatoms. The Hall–Kier alpha value is -1.63. The lowest BCUT2D eigenvalue weighted by Crippen LogP contribution is -2.61. The molecule has 0 aliphatic heterocycles. The fourth-order valence-corrected chi connectivity index (χ4v) is 1.43. The van der Waals surface area contributed by atoms with Gasteiger partial charge in [0.2, 0.25) is 11.4 Å². The van der Waals surface area contributed by atoms with E-state index in [1.807, 2.05) is 0 Å². The first kappa shape index (κ1) is 16.4. The molecule has 0 saturated carbocycles. The van der Waals surface area contributed by atoms with Gasteiger partial charge in [0.05, 0.1) is 13.2 Å². The second-order valence-electron chi connectivity index (χ2n) is 3.50. The van der Waals surface area contributed by atoms with Crippen molar-refractivity contribution >= 4 is 17.8 Å². The second-order valence-corrected chi connectivity index (χ2v) is 3.50. The molecule has 0 bridgehead atoms. The highest BCUT2D eigenvalue weighted by Crippen LogP contribution is 2.16. The standard InChI is InChI=1S/C11H19NO6/c1-4-17-9(15)11(6-7-13,12-8(3)14)10(16)18-5-2/h13H,4-7H2,1-3H3,(H,12,14). The van der Waals surface area contributed by atoms with Gasteiger partial charge in [0.1, 0.15) is 0 Å². The van der Waals surface area contributed by atoms with Crippen LogP contribution < -0.4 is 5.32 Å². The molecule has 0 aromatic heterocycles. The van der Waals surface area contributed by atoms with Crippen LogP contribution in [0.1, 0.15) is 27.2 Å². The van der Waals surface area contributed by atoms with E-state index < -0.39 is 30.0 Å². The van der Waals surface area contributed by atoms with E-state index in [1.54, 1.807) is 13.8 Å². The van der Waals surface area contributed by atoms with Gasteiger partial charge < -0.3 is 19.9 Å². The number of hydrogen-bond acceptors (Lipinski definition) is 6. The normalized spacial score (nSPS) is 10.7. The molecule has 0 fully saturated rings. The molecular weight excluding hydrogens is 242 g/mol. The minimum absolute atomic E-state index is 0.0466. The van der Waals surface area contributed by atoms with Gasteiger partial charge >= 0.3 is 11.9 Å². The molecule has 0 rings (SSSR count). The van der Waals surface area contributed by atoms with E-state index in [-0.39, 0.29) is 19.6 Å². The van der Waals surface area contributed by atoms with Gasteiger partial charge in [0.15, 0.2) is 0 Å². The SMILES string of the molecule is CCOC(=O)C(CCO)(NC(C)=O)C(=O)OCC. The van der Waals surface area contributed by atoms with Crippen molar-refractivity contribution in [3.8, 4) is 0 Å². The van der Waals surface area contributed by atoms with Gasteiger partial charge in [-0.1, -0.05) is 0 Å². The molecule has 0 saturated heterocycles. The molecule has 18 heavy (non-hydrogen) atoms. The molecule has 0 heterocycles. The molecule has 0 spiro atoms. The highest BCUT2D eigenvalue weighted by atomic mass is 16.6. The fourth-order valence-electron chi connectivity index (χ4n) is 1.43. The molecule has 0 radical (unpaired) electrons. The smallest absolute Gasteiger partial charge is 0.343 e. The lowest BCUT2D eigenvalue weighted by atomic mass is 9.95. The van der Waals surface area contributed by atoms with Crippen molar-refractivity contribution < 1.29 is 29.0 Å². The average Bonchev–Trinajstić information content (AvgIpc) is 2.28. The van der Waals surface area contributed by atoms with Crippen LogP contribution in [0.3, 0.4) is 0 Å². The van der Waals surface area contributed by atoms with Crippen LogP contribution in [0, 0.1) is 0 Å². The van der Waals surface area contributed by atoms with Crippen LogP contribution in [-0.4, -0.2) is 48.3 Å². The largest absolute Gasteiger partial charge is 0.464 e. The van der Waals surface area contributed by atoms with E-state index in [0.717, 1.165) is 6.92 Å². The molecular formula is C11H19NO6. The summed E-state index contributed by atoms with van der Waals surface area (Å²) in [4.78, 5) is 34.9. The number of hydrogen-bond donors (Lipinski definition) is 2. The van der Waals surface area contributed by atoms with E-state index >= 15 is 0 Å². The molecule has 0 atom stereocenters. The monoisotopic (exact) mass is 261 g/mol.